The molecule has 0 aromatic heterocycles. The molecule has 2 rings (SSSR count). The van der Waals surface area contributed by atoms with Gasteiger partial charge in [-0.3, -0.25) is 0 Å². The predicted molar refractivity (Wildman–Crippen MR) is 83.9 cm³/mol. The van der Waals surface area contributed by atoms with Gasteiger partial charge in [-0.25, -0.2) is 9.18 Å². The number of piperidine rings is 1. The zero-order chi connectivity index (χ0) is 15.6. The molecule has 5 heteroatoms. The van der Waals surface area contributed by atoms with E-state index in [0.29, 0.717) is 23.5 Å². The van der Waals surface area contributed by atoms with Crippen molar-refractivity contribution in [2.75, 3.05) is 13.1 Å². The maximum absolute atomic E-state index is 13.3. The molecule has 0 radical (unpaired) electrons. The van der Waals surface area contributed by atoms with Crippen LogP contribution in [0.3, 0.4) is 0 Å². The Bertz CT molecular complexity index is 519. The van der Waals surface area contributed by atoms with Crippen molar-refractivity contribution in [3.63, 3.8) is 0 Å². The van der Waals surface area contributed by atoms with Crippen LogP contribution >= 0.6 is 15.9 Å². The first kappa shape index (κ1) is 16.3. The summed E-state index contributed by atoms with van der Waals surface area (Å²) in [6.45, 7) is 6.96. The lowest BCUT2D eigenvalue weighted by Crippen LogP contribution is -2.41. The van der Waals surface area contributed by atoms with Crippen molar-refractivity contribution >= 4 is 22.0 Å². The molecule has 1 saturated heterocycles. The van der Waals surface area contributed by atoms with Crippen LogP contribution in [0.15, 0.2) is 22.7 Å². The highest BCUT2D eigenvalue weighted by Gasteiger charge is 2.27. The van der Waals surface area contributed by atoms with E-state index in [1.807, 2.05) is 32.9 Å². The number of amides is 1. The summed E-state index contributed by atoms with van der Waals surface area (Å²) >= 11 is 3.22. The molecule has 1 aromatic carbocycles. The van der Waals surface area contributed by atoms with Crippen molar-refractivity contribution in [2.24, 2.45) is 0 Å². The van der Waals surface area contributed by atoms with E-state index in [2.05, 4.69) is 15.9 Å². The zero-order valence-electron chi connectivity index (χ0n) is 12.7. The fourth-order valence-electron chi connectivity index (χ4n) is 2.49. The first-order valence-electron chi connectivity index (χ1n) is 7.19. The van der Waals surface area contributed by atoms with Crippen LogP contribution in [0.1, 0.15) is 45.1 Å². The van der Waals surface area contributed by atoms with Gasteiger partial charge in [0.05, 0.1) is 4.47 Å². The van der Waals surface area contributed by atoms with E-state index >= 15 is 0 Å². The van der Waals surface area contributed by atoms with Gasteiger partial charge in [-0.05, 0) is 73.2 Å². The number of carbonyl (C=O) groups is 1. The van der Waals surface area contributed by atoms with E-state index in [9.17, 15) is 9.18 Å². The SMILES string of the molecule is CC(C)(C)OC(=O)N1CCC(c2ccc(F)c(Br)c2)CC1. The summed E-state index contributed by atoms with van der Waals surface area (Å²) in [5.41, 5.74) is 0.655. The molecule has 0 atom stereocenters. The molecule has 1 heterocycles. The summed E-state index contributed by atoms with van der Waals surface area (Å²) in [5, 5.41) is 0. The summed E-state index contributed by atoms with van der Waals surface area (Å²) in [6, 6.07) is 5.15. The van der Waals surface area contributed by atoms with Gasteiger partial charge in [0.15, 0.2) is 0 Å². The lowest BCUT2D eigenvalue weighted by Gasteiger charge is -2.33. The summed E-state index contributed by atoms with van der Waals surface area (Å²) in [5.74, 6) is 0.116. The number of benzene rings is 1. The molecular weight excluding hydrogens is 337 g/mol. The van der Waals surface area contributed by atoms with Crippen LogP contribution in [0.5, 0.6) is 0 Å². The van der Waals surface area contributed by atoms with E-state index < -0.39 is 5.60 Å². The number of nitrogens with zero attached hydrogens (tertiary/aromatic N) is 1. The second-order valence-electron chi connectivity index (χ2n) is 6.42. The van der Waals surface area contributed by atoms with E-state index in [0.717, 1.165) is 18.4 Å². The quantitative estimate of drug-likeness (QED) is 0.728. The van der Waals surface area contributed by atoms with Crippen LogP contribution in [0.4, 0.5) is 9.18 Å². The molecule has 1 amide bonds. The predicted octanol–water partition coefficient (Wildman–Crippen LogP) is 4.70. The van der Waals surface area contributed by atoms with Crippen molar-refractivity contribution in [3.05, 3.63) is 34.1 Å². The second kappa shape index (κ2) is 6.34. The monoisotopic (exact) mass is 357 g/mol. The number of hydrogen-bond donors (Lipinski definition) is 0. The fourth-order valence-corrected chi connectivity index (χ4v) is 2.88. The van der Waals surface area contributed by atoms with E-state index in [1.165, 1.54) is 6.07 Å². The topological polar surface area (TPSA) is 29.5 Å². The Morgan fingerprint density at radius 2 is 1.95 bits per heavy atom. The summed E-state index contributed by atoms with van der Waals surface area (Å²) in [4.78, 5) is 13.8. The summed E-state index contributed by atoms with van der Waals surface area (Å²) < 4.78 is 19.2. The van der Waals surface area contributed by atoms with Gasteiger partial charge >= 0.3 is 6.09 Å². The molecule has 0 bridgehead atoms. The minimum atomic E-state index is -0.463. The van der Waals surface area contributed by atoms with Crippen molar-refractivity contribution in [2.45, 2.75) is 45.1 Å². The van der Waals surface area contributed by atoms with Gasteiger partial charge < -0.3 is 9.64 Å². The molecule has 0 N–H and O–H groups in total. The molecule has 0 saturated carbocycles. The van der Waals surface area contributed by atoms with Crippen molar-refractivity contribution < 1.29 is 13.9 Å². The smallest absolute Gasteiger partial charge is 0.410 e. The summed E-state index contributed by atoms with van der Waals surface area (Å²) in [7, 11) is 0. The van der Waals surface area contributed by atoms with Crippen molar-refractivity contribution in [3.8, 4) is 0 Å². The zero-order valence-corrected chi connectivity index (χ0v) is 14.2. The standard InChI is InChI=1S/C16H21BrFNO2/c1-16(2,3)21-15(20)19-8-6-11(7-9-19)12-4-5-14(18)13(17)10-12/h4-5,10-11H,6-9H2,1-3H3. The third kappa shape index (κ3) is 4.43. The molecular formula is C16H21BrFNO2. The Morgan fingerprint density at radius 3 is 2.48 bits per heavy atom. The van der Waals surface area contributed by atoms with Gasteiger partial charge in [-0.1, -0.05) is 6.07 Å². The molecule has 0 aliphatic carbocycles. The third-order valence-corrected chi connectivity index (χ3v) is 4.17. The molecule has 116 valence electrons. The van der Waals surface area contributed by atoms with Crippen LogP contribution < -0.4 is 0 Å². The van der Waals surface area contributed by atoms with Crippen LogP contribution in [0.25, 0.3) is 0 Å². The third-order valence-electron chi connectivity index (χ3n) is 3.56. The first-order valence-corrected chi connectivity index (χ1v) is 7.98. The molecule has 0 unspecified atom stereocenters. The van der Waals surface area contributed by atoms with Crippen molar-refractivity contribution in [1.82, 2.24) is 4.90 Å². The number of carbonyl (C=O) groups excluding carboxylic acids is 1. The minimum Gasteiger partial charge on any atom is -0.444 e. The Hall–Kier alpha value is -1.10. The lowest BCUT2D eigenvalue weighted by molar-refractivity contribution is 0.0205. The highest BCUT2D eigenvalue weighted by molar-refractivity contribution is 9.10. The average molecular weight is 358 g/mol. The highest BCUT2D eigenvalue weighted by Crippen LogP contribution is 2.31. The van der Waals surface area contributed by atoms with Crippen LogP contribution in [-0.4, -0.2) is 29.7 Å². The molecule has 0 spiro atoms. The number of ether oxygens (including phenoxy) is 1. The molecule has 1 aliphatic heterocycles. The van der Waals surface area contributed by atoms with Gasteiger partial charge in [0, 0.05) is 13.1 Å². The van der Waals surface area contributed by atoms with Gasteiger partial charge in [0.1, 0.15) is 11.4 Å². The van der Waals surface area contributed by atoms with Crippen LogP contribution in [0.2, 0.25) is 0 Å². The second-order valence-corrected chi connectivity index (χ2v) is 7.27. The lowest BCUT2D eigenvalue weighted by atomic mass is 9.89. The molecule has 21 heavy (non-hydrogen) atoms. The molecule has 3 nitrogen and oxygen atoms in total. The highest BCUT2D eigenvalue weighted by atomic mass is 79.9. The largest absolute Gasteiger partial charge is 0.444 e. The van der Waals surface area contributed by atoms with E-state index in [-0.39, 0.29) is 11.9 Å². The maximum Gasteiger partial charge on any atom is 0.410 e. The van der Waals surface area contributed by atoms with Crippen molar-refractivity contribution in [1.29, 1.82) is 0 Å². The molecule has 1 fully saturated rings. The number of rotatable bonds is 1. The normalized spacial score (nSPS) is 16.9. The Labute approximate surface area is 133 Å². The number of likely N-dealkylation sites (tertiary alicyclic amines) is 1. The van der Waals surface area contributed by atoms with Gasteiger partial charge in [0.25, 0.3) is 0 Å². The van der Waals surface area contributed by atoms with Gasteiger partial charge in [0.2, 0.25) is 0 Å². The first-order chi connectivity index (χ1) is 9.76. The number of hydrogen-bond acceptors (Lipinski definition) is 2. The van der Waals surface area contributed by atoms with Crippen LogP contribution in [-0.2, 0) is 4.74 Å². The van der Waals surface area contributed by atoms with Gasteiger partial charge in [-0.2, -0.15) is 0 Å². The minimum absolute atomic E-state index is 0.245. The average Bonchev–Trinajstić information content (AvgIpc) is 2.40. The Morgan fingerprint density at radius 1 is 1.33 bits per heavy atom. The summed E-state index contributed by atoms with van der Waals surface area (Å²) in [6.07, 6.45) is 1.50. The van der Waals surface area contributed by atoms with E-state index in [1.54, 1.807) is 4.90 Å². The Kier molecular flexibility index (Phi) is 4.91. The van der Waals surface area contributed by atoms with Gasteiger partial charge in [-0.15, -0.1) is 0 Å². The fraction of sp³-hybridized carbons (Fsp3) is 0.562. The number of halogens is 2. The van der Waals surface area contributed by atoms with Crippen LogP contribution in [0, 0.1) is 5.82 Å². The molecule has 1 aliphatic rings. The Balaban J connectivity index is 1.94. The maximum atomic E-state index is 13.3. The van der Waals surface area contributed by atoms with E-state index in [4.69, 9.17) is 4.74 Å². The molecule has 1 aromatic rings.